The molecule has 0 rings (SSSR count). The lowest BCUT2D eigenvalue weighted by molar-refractivity contribution is -0.161. The second-order valence-electron chi connectivity index (χ2n) is 17.7. The lowest BCUT2D eigenvalue weighted by atomic mass is 10.1. The molecule has 76 heavy (non-hydrogen) atoms. The van der Waals surface area contributed by atoms with Gasteiger partial charge in [0.25, 0.3) is 0 Å². The van der Waals surface area contributed by atoms with E-state index in [4.69, 9.17) is 30.6 Å². The quantitative estimate of drug-likeness (QED) is 0.0144. The summed E-state index contributed by atoms with van der Waals surface area (Å²) in [5.41, 5.74) is 0. The van der Waals surface area contributed by atoms with Gasteiger partial charge < -0.3 is 49.6 Å². The average Bonchev–Trinajstić information content (AvgIpc) is 3.32. The summed E-state index contributed by atoms with van der Waals surface area (Å²) in [4.78, 5) is 154. The molecule has 0 aromatic heterocycles. The van der Waals surface area contributed by atoms with Gasteiger partial charge >= 0.3 is 83.6 Å². The van der Waals surface area contributed by atoms with Crippen LogP contribution in [0, 0.1) is 0 Å². The molecule has 0 aromatic rings. The van der Waals surface area contributed by atoms with Crippen molar-refractivity contribution in [2.24, 2.45) is 0 Å². The first kappa shape index (κ1) is 73.6. The van der Waals surface area contributed by atoms with E-state index in [0.717, 1.165) is 77.0 Å². The molecule has 24 nitrogen and oxygen atoms in total. The highest BCUT2D eigenvalue weighted by atomic mass is 16.6. The predicted octanol–water partition coefficient (Wildman–Crippen LogP) is 8.57. The van der Waals surface area contributed by atoms with Crippen molar-refractivity contribution >= 4 is 83.6 Å². The zero-order valence-corrected chi connectivity index (χ0v) is 43.9. The molecule has 0 heterocycles. The molecule has 0 unspecified atom stereocenters. The number of ether oxygens (including phenoxy) is 4. The zero-order valence-electron chi connectivity index (χ0n) is 43.9. The molecule has 0 fully saturated rings. The van der Waals surface area contributed by atoms with Crippen LogP contribution in [0.2, 0.25) is 0 Å². The van der Waals surface area contributed by atoms with Crippen molar-refractivity contribution < 1.29 is 117 Å². The lowest BCUT2D eigenvalue weighted by Gasteiger charge is -2.04. The second-order valence-corrected chi connectivity index (χ2v) is 17.7. The summed E-state index contributed by atoms with van der Waals surface area (Å²) >= 11 is 0. The summed E-state index contributed by atoms with van der Waals surface area (Å²) in [6, 6.07) is 0. The van der Waals surface area contributed by atoms with Crippen LogP contribution in [0.3, 0.4) is 0 Å². The molecule has 0 aliphatic rings. The van der Waals surface area contributed by atoms with Crippen LogP contribution in [0.5, 0.6) is 0 Å². The fraction of sp³-hybridized carbons (Fsp3) is 0.731. The molecule has 0 spiro atoms. The van der Waals surface area contributed by atoms with E-state index >= 15 is 0 Å². The SMILES string of the molecule is O=C(O)CCCCC(=O)OC(=O)CCCCCCCC(=O)OC(=O)CCCCC(=O)O.O=C(O)CCCCC(=O)OC(=O)CCCCCCCC(=O)OC(=O)CCCCC(=O)O.O=C(O)CCCCCCCCC(=O)O. The molecule has 0 aliphatic heterocycles. The Morgan fingerprint density at radius 1 is 0.158 bits per heavy atom. The molecule has 0 bridgehead atoms. The summed E-state index contributed by atoms with van der Waals surface area (Å²) in [6.45, 7) is 0. The lowest BCUT2D eigenvalue weighted by Crippen LogP contribution is -2.12. The second kappa shape index (κ2) is 51.8. The average molecular weight is 1090 g/mol. The first-order valence-electron chi connectivity index (χ1n) is 26.3. The van der Waals surface area contributed by atoms with E-state index in [1.54, 1.807) is 0 Å². The largest absolute Gasteiger partial charge is 0.481 e. The topological polar surface area (TPSA) is 397 Å². The summed E-state index contributed by atoms with van der Waals surface area (Å²) in [5.74, 6) is -10.2. The third-order valence-electron chi connectivity index (χ3n) is 10.6. The van der Waals surface area contributed by atoms with Gasteiger partial charge in [0, 0.05) is 89.9 Å². The minimum Gasteiger partial charge on any atom is -0.481 e. The van der Waals surface area contributed by atoms with Crippen LogP contribution in [0.1, 0.15) is 244 Å². The van der Waals surface area contributed by atoms with Crippen LogP contribution >= 0.6 is 0 Å². The van der Waals surface area contributed by atoms with Gasteiger partial charge in [-0.25, -0.2) is 0 Å². The molecule has 434 valence electrons. The highest BCUT2D eigenvalue weighted by Crippen LogP contribution is 2.13. The van der Waals surface area contributed by atoms with E-state index in [-0.39, 0.29) is 89.9 Å². The Morgan fingerprint density at radius 3 is 0.382 bits per heavy atom. The van der Waals surface area contributed by atoms with Crippen molar-refractivity contribution in [3.8, 4) is 0 Å². The number of aliphatic carboxylic acids is 6. The molecule has 0 saturated carbocycles. The van der Waals surface area contributed by atoms with Crippen LogP contribution in [0.4, 0.5) is 0 Å². The minimum atomic E-state index is -0.931. The molecular formula is C52H82O24. The van der Waals surface area contributed by atoms with Gasteiger partial charge in [-0.1, -0.05) is 64.2 Å². The summed E-state index contributed by atoms with van der Waals surface area (Å²) in [6.07, 6.45) is 15.7. The van der Waals surface area contributed by atoms with Gasteiger partial charge in [-0.3, -0.25) is 67.1 Å². The van der Waals surface area contributed by atoms with Crippen molar-refractivity contribution in [3.63, 3.8) is 0 Å². The van der Waals surface area contributed by atoms with Crippen molar-refractivity contribution in [3.05, 3.63) is 0 Å². The maximum atomic E-state index is 11.5. The molecule has 0 aliphatic carbocycles. The van der Waals surface area contributed by atoms with Crippen molar-refractivity contribution in [1.82, 2.24) is 0 Å². The third-order valence-corrected chi connectivity index (χ3v) is 10.6. The van der Waals surface area contributed by atoms with Crippen LogP contribution in [-0.2, 0) is 86.1 Å². The number of hydrogen-bond acceptors (Lipinski definition) is 18. The highest BCUT2D eigenvalue weighted by Gasteiger charge is 2.15. The molecule has 0 amide bonds. The van der Waals surface area contributed by atoms with Gasteiger partial charge in [0.05, 0.1) is 0 Å². The van der Waals surface area contributed by atoms with Gasteiger partial charge in [-0.05, 0) is 89.9 Å². The number of rotatable bonds is 45. The molecule has 6 N–H and O–H groups in total. The Labute approximate surface area is 443 Å². The van der Waals surface area contributed by atoms with Crippen molar-refractivity contribution in [2.75, 3.05) is 0 Å². The Bertz CT molecular complexity index is 1540. The zero-order chi connectivity index (χ0) is 57.8. The molecule has 0 saturated heterocycles. The summed E-state index contributed by atoms with van der Waals surface area (Å²) in [7, 11) is 0. The number of esters is 8. The van der Waals surface area contributed by atoms with Crippen molar-refractivity contribution in [2.45, 2.75) is 244 Å². The summed E-state index contributed by atoms with van der Waals surface area (Å²) < 4.78 is 18.6. The Balaban J connectivity index is -0.00000113. The summed E-state index contributed by atoms with van der Waals surface area (Å²) in [5, 5.41) is 50.7. The smallest absolute Gasteiger partial charge is 0.313 e. The maximum absolute atomic E-state index is 11.5. The normalized spacial score (nSPS) is 10.3. The number of carbonyl (C=O) groups excluding carboxylic acids is 8. The first-order chi connectivity index (χ1) is 36.0. The van der Waals surface area contributed by atoms with Crippen LogP contribution in [0.15, 0.2) is 0 Å². The Hall–Kier alpha value is -6.62. The van der Waals surface area contributed by atoms with Gasteiger partial charge in [0.15, 0.2) is 0 Å². The third kappa shape index (κ3) is 63.5. The number of carbonyl (C=O) groups is 14. The fourth-order valence-corrected chi connectivity index (χ4v) is 6.50. The molecule has 0 atom stereocenters. The standard InChI is InChI=1S/2C21H32O10.C10H18O4/c2*22-16(23)10-6-8-14-20(28)30-18(26)12-4-2-1-3-5-13-19(27)31-21(29)15-9-7-11-17(24)25;11-9(12)7-5-3-1-2-4-6-8-10(13)14/h2*1-15H2,(H,22,23)(H,24,25);1-8H2,(H,11,12)(H,13,14). The van der Waals surface area contributed by atoms with Gasteiger partial charge in [-0.2, -0.15) is 0 Å². The van der Waals surface area contributed by atoms with E-state index < -0.39 is 83.6 Å². The molecule has 24 heteroatoms. The van der Waals surface area contributed by atoms with Crippen LogP contribution in [-0.4, -0.2) is 114 Å². The molecule has 0 radical (unpaired) electrons. The molecule has 0 aromatic carbocycles. The number of hydrogen-bond donors (Lipinski definition) is 6. The monoisotopic (exact) mass is 1090 g/mol. The Kier molecular flexibility index (Phi) is 50.2. The number of unbranched alkanes of at least 4 members (excludes halogenated alkanes) is 17. The Morgan fingerprint density at radius 2 is 0.250 bits per heavy atom. The van der Waals surface area contributed by atoms with E-state index in [1.807, 2.05) is 0 Å². The highest BCUT2D eigenvalue weighted by molar-refractivity contribution is 5.87. The number of carboxylic acids is 6. The maximum Gasteiger partial charge on any atom is 0.313 e. The van der Waals surface area contributed by atoms with Crippen molar-refractivity contribution in [1.29, 1.82) is 0 Å². The van der Waals surface area contributed by atoms with Gasteiger partial charge in [0.2, 0.25) is 0 Å². The van der Waals surface area contributed by atoms with Crippen LogP contribution in [0.25, 0.3) is 0 Å². The van der Waals surface area contributed by atoms with E-state index in [0.29, 0.717) is 77.0 Å². The first-order valence-corrected chi connectivity index (χ1v) is 26.3. The predicted molar refractivity (Wildman–Crippen MR) is 266 cm³/mol. The van der Waals surface area contributed by atoms with Gasteiger partial charge in [-0.15, -0.1) is 0 Å². The molecular weight excluding hydrogens is 1010 g/mol. The van der Waals surface area contributed by atoms with Gasteiger partial charge in [0.1, 0.15) is 0 Å². The number of carboxylic acid groups (broad SMARTS) is 6. The minimum absolute atomic E-state index is 0.0138. The van der Waals surface area contributed by atoms with E-state index in [1.165, 1.54) is 0 Å². The van der Waals surface area contributed by atoms with E-state index in [2.05, 4.69) is 18.9 Å². The van der Waals surface area contributed by atoms with E-state index in [9.17, 15) is 67.1 Å². The fourth-order valence-electron chi connectivity index (χ4n) is 6.50. The van der Waals surface area contributed by atoms with Crippen LogP contribution < -0.4 is 0 Å².